The third-order valence-electron chi connectivity index (χ3n) is 2.91. The maximum atomic E-state index is 11.0. The van der Waals surface area contributed by atoms with E-state index in [4.69, 9.17) is 4.74 Å². The van der Waals surface area contributed by atoms with Gasteiger partial charge in [0.2, 0.25) is 0 Å². The maximum Gasteiger partial charge on any atom is 0.139 e. The van der Waals surface area contributed by atoms with Crippen LogP contribution in [0, 0.1) is 0 Å². The van der Waals surface area contributed by atoms with Crippen LogP contribution < -0.4 is 0 Å². The van der Waals surface area contributed by atoms with Gasteiger partial charge >= 0.3 is 0 Å². The summed E-state index contributed by atoms with van der Waals surface area (Å²) in [6.07, 6.45) is 3.36. The molecule has 1 saturated heterocycles. The Kier molecular flexibility index (Phi) is 4.08. The summed E-state index contributed by atoms with van der Waals surface area (Å²) in [5.41, 5.74) is -0.346. The van der Waals surface area contributed by atoms with Gasteiger partial charge in [-0.15, -0.1) is 0 Å². The Hall–Kier alpha value is -0.410. The van der Waals surface area contributed by atoms with Gasteiger partial charge in [0.25, 0.3) is 0 Å². The SMILES string of the molecule is CCC1CN(C(C)(C)C=O)CCCO1. The van der Waals surface area contributed by atoms with Crippen LogP contribution >= 0.6 is 0 Å². The standard InChI is InChI=1S/C11H21NO2/c1-4-10-8-12(6-5-7-14-10)11(2,3)9-13/h9-10H,4-8H2,1-3H3. The third kappa shape index (κ3) is 2.79. The van der Waals surface area contributed by atoms with Crippen LogP contribution in [0.1, 0.15) is 33.6 Å². The second kappa shape index (κ2) is 4.89. The average molecular weight is 199 g/mol. The summed E-state index contributed by atoms with van der Waals surface area (Å²) < 4.78 is 5.66. The highest BCUT2D eigenvalue weighted by molar-refractivity contribution is 5.62. The molecule has 14 heavy (non-hydrogen) atoms. The van der Waals surface area contributed by atoms with Crippen LogP contribution in [0.4, 0.5) is 0 Å². The number of carbonyl (C=O) groups is 1. The van der Waals surface area contributed by atoms with Crippen molar-refractivity contribution in [2.45, 2.75) is 45.3 Å². The molecule has 1 fully saturated rings. The minimum absolute atomic E-state index is 0.289. The fourth-order valence-electron chi connectivity index (χ4n) is 1.74. The zero-order valence-corrected chi connectivity index (χ0v) is 9.45. The van der Waals surface area contributed by atoms with Crippen LogP contribution in [-0.2, 0) is 9.53 Å². The molecule has 0 N–H and O–H groups in total. The van der Waals surface area contributed by atoms with Gasteiger partial charge in [-0.05, 0) is 26.7 Å². The maximum absolute atomic E-state index is 11.0. The van der Waals surface area contributed by atoms with E-state index in [1.807, 2.05) is 13.8 Å². The molecule has 3 heteroatoms. The van der Waals surface area contributed by atoms with Gasteiger partial charge in [0.1, 0.15) is 6.29 Å². The summed E-state index contributed by atoms with van der Waals surface area (Å²) in [7, 11) is 0. The Bertz CT molecular complexity index is 192. The van der Waals surface area contributed by atoms with E-state index in [0.29, 0.717) is 0 Å². The van der Waals surface area contributed by atoms with Gasteiger partial charge in [-0.2, -0.15) is 0 Å². The molecule has 82 valence electrons. The average Bonchev–Trinajstić information content (AvgIpc) is 2.43. The lowest BCUT2D eigenvalue weighted by molar-refractivity contribution is -0.117. The first-order chi connectivity index (χ1) is 6.60. The lowest BCUT2D eigenvalue weighted by atomic mass is 10.0. The topological polar surface area (TPSA) is 29.5 Å². The van der Waals surface area contributed by atoms with Crippen LogP contribution in [0.25, 0.3) is 0 Å². The molecule has 0 amide bonds. The van der Waals surface area contributed by atoms with Crippen LogP contribution in [0.3, 0.4) is 0 Å². The Morgan fingerprint density at radius 2 is 2.29 bits per heavy atom. The van der Waals surface area contributed by atoms with E-state index < -0.39 is 0 Å². The lowest BCUT2D eigenvalue weighted by Crippen LogP contribution is -2.48. The van der Waals surface area contributed by atoms with E-state index >= 15 is 0 Å². The van der Waals surface area contributed by atoms with Crippen molar-refractivity contribution in [3.63, 3.8) is 0 Å². The fourth-order valence-corrected chi connectivity index (χ4v) is 1.74. The number of aldehydes is 1. The molecule has 0 spiro atoms. The van der Waals surface area contributed by atoms with Crippen molar-refractivity contribution in [2.75, 3.05) is 19.7 Å². The Morgan fingerprint density at radius 1 is 1.57 bits per heavy atom. The van der Waals surface area contributed by atoms with Gasteiger partial charge < -0.3 is 9.53 Å². The van der Waals surface area contributed by atoms with E-state index in [9.17, 15) is 4.79 Å². The first-order valence-corrected chi connectivity index (χ1v) is 5.43. The highest BCUT2D eigenvalue weighted by Gasteiger charge is 2.29. The normalized spacial score (nSPS) is 25.8. The van der Waals surface area contributed by atoms with Gasteiger partial charge in [0, 0.05) is 19.7 Å². The molecule has 1 aliphatic rings. The van der Waals surface area contributed by atoms with E-state index in [1.54, 1.807) is 0 Å². The minimum Gasteiger partial charge on any atom is -0.377 e. The molecule has 0 bridgehead atoms. The lowest BCUT2D eigenvalue weighted by Gasteiger charge is -2.34. The molecule has 0 aromatic rings. The van der Waals surface area contributed by atoms with Crippen molar-refractivity contribution >= 4 is 6.29 Å². The highest BCUT2D eigenvalue weighted by atomic mass is 16.5. The van der Waals surface area contributed by atoms with Crippen molar-refractivity contribution in [3.05, 3.63) is 0 Å². The monoisotopic (exact) mass is 199 g/mol. The third-order valence-corrected chi connectivity index (χ3v) is 2.91. The summed E-state index contributed by atoms with van der Waals surface area (Å²) >= 11 is 0. The molecule has 1 heterocycles. The first-order valence-electron chi connectivity index (χ1n) is 5.43. The summed E-state index contributed by atoms with van der Waals surface area (Å²) in [5.74, 6) is 0. The van der Waals surface area contributed by atoms with E-state index in [0.717, 1.165) is 38.8 Å². The van der Waals surface area contributed by atoms with E-state index in [-0.39, 0.29) is 11.6 Å². The second-order valence-corrected chi connectivity index (χ2v) is 4.47. The van der Waals surface area contributed by atoms with Gasteiger partial charge in [0.05, 0.1) is 11.6 Å². The molecule has 1 rings (SSSR count). The first kappa shape index (κ1) is 11.7. The molecule has 0 aromatic heterocycles. The summed E-state index contributed by atoms with van der Waals surface area (Å²) in [6.45, 7) is 8.73. The summed E-state index contributed by atoms with van der Waals surface area (Å²) in [4.78, 5) is 13.2. The van der Waals surface area contributed by atoms with Crippen LogP contribution in [-0.4, -0.2) is 42.5 Å². The summed E-state index contributed by atoms with van der Waals surface area (Å²) in [5, 5.41) is 0. The molecule has 1 unspecified atom stereocenters. The summed E-state index contributed by atoms with van der Waals surface area (Å²) in [6, 6.07) is 0. The highest BCUT2D eigenvalue weighted by Crippen LogP contribution is 2.17. The Labute approximate surface area is 86.4 Å². The van der Waals surface area contributed by atoms with Crippen molar-refractivity contribution in [1.82, 2.24) is 4.90 Å². The van der Waals surface area contributed by atoms with Crippen molar-refractivity contribution in [1.29, 1.82) is 0 Å². The molecule has 0 aliphatic carbocycles. The predicted octanol–water partition coefficient (Wildman–Crippen LogP) is 1.46. The van der Waals surface area contributed by atoms with Crippen LogP contribution in [0.5, 0.6) is 0 Å². The van der Waals surface area contributed by atoms with Crippen LogP contribution in [0.15, 0.2) is 0 Å². The second-order valence-electron chi connectivity index (χ2n) is 4.47. The van der Waals surface area contributed by atoms with Crippen molar-refractivity contribution in [2.24, 2.45) is 0 Å². The van der Waals surface area contributed by atoms with Crippen molar-refractivity contribution in [3.8, 4) is 0 Å². The zero-order valence-electron chi connectivity index (χ0n) is 9.45. The molecule has 3 nitrogen and oxygen atoms in total. The number of carbonyl (C=O) groups excluding carboxylic acids is 1. The van der Waals surface area contributed by atoms with Crippen molar-refractivity contribution < 1.29 is 9.53 Å². The van der Waals surface area contributed by atoms with Gasteiger partial charge in [-0.3, -0.25) is 4.90 Å². The predicted molar refractivity (Wildman–Crippen MR) is 56.4 cm³/mol. The molecule has 1 atom stereocenters. The number of ether oxygens (including phenoxy) is 1. The van der Waals surface area contributed by atoms with Gasteiger partial charge in [-0.25, -0.2) is 0 Å². The molecule has 1 aliphatic heterocycles. The minimum atomic E-state index is -0.346. The largest absolute Gasteiger partial charge is 0.377 e. The Morgan fingerprint density at radius 3 is 2.86 bits per heavy atom. The molecule has 0 radical (unpaired) electrons. The molecular weight excluding hydrogens is 178 g/mol. The zero-order chi connectivity index (χ0) is 10.6. The number of nitrogens with zero attached hydrogens (tertiary/aromatic N) is 1. The number of hydrogen-bond acceptors (Lipinski definition) is 3. The molecule has 0 aromatic carbocycles. The van der Waals surface area contributed by atoms with E-state index in [1.165, 1.54) is 0 Å². The number of rotatable bonds is 3. The number of hydrogen-bond donors (Lipinski definition) is 0. The quantitative estimate of drug-likeness (QED) is 0.645. The van der Waals surface area contributed by atoms with Crippen LogP contribution in [0.2, 0.25) is 0 Å². The smallest absolute Gasteiger partial charge is 0.139 e. The Balaban J connectivity index is 2.63. The van der Waals surface area contributed by atoms with Gasteiger partial charge in [-0.1, -0.05) is 6.92 Å². The van der Waals surface area contributed by atoms with E-state index in [2.05, 4.69) is 11.8 Å². The molecule has 0 saturated carbocycles. The molecular formula is C11H21NO2. The fraction of sp³-hybridized carbons (Fsp3) is 0.909. The van der Waals surface area contributed by atoms with Gasteiger partial charge in [0.15, 0.2) is 0 Å².